The third-order valence-corrected chi connectivity index (χ3v) is 3.17. The number of aromatic nitrogens is 1. The molecule has 98 valence electrons. The Morgan fingerprint density at radius 2 is 2.21 bits per heavy atom. The van der Waals surface area contributed by atoms with E-state index in [0.717, 1.165) is 0 Å². The quantitative estimate of drug-likeness (QED) is 0.891. The number of aryl methyl sites for hydroxylation is 1. The Kier molecular flexibility index (Phi) is 3.80. The van der Waals surface area contributed by atoms with Gasteiger partial charge in [0.05, 0.1) is 16.2 Å². The second kappa shape index (κ2) is 5.36. The molecule has 19 heavy (non-hydrogen) atoms. The van der Waals surface area contributed by atoms with Crippen molar-refractivity contribution in [1.29, 1.82) is 0 Å². The van der Waals surface area contributed by atoms with Crippen LogP contribution in [-0.2, 0) is 0 Å². The van der Waals surface area contributed by atoms with Gasteiger partial charge in [0.25, 0.3) is 5.91 Å². The van der Waals surface area contributed by atoms with Crippen LogP contribution in [0.4, 0.5) is 10.1 Å². The molecule has 1 aromatic heterocycles. The molecule has 0 aliphatic rings. The monoisotopic (exact) mass is 324 g/mol. The number of nitrogens with zero attached hydrogens (tertiary/aromatic N) is 1. The van der Waals surface area contributed by atoms with Gasteiger partial charge in [-0.15, -0.1) is 0 Å². The third kappa shape index (κ3) is 2.90. The van der Waals surface area contributed by atoms with Crippen LogP contribution in [-0.4, -0.2) is 16.0 Å². The third-order valence-electron chi connectivity index (χ3n) is 2.56. The minimum absolute atomic E-state index is 0.0812. The van der Waals surface area contributed by atoms with Crippen molar-refractivity contribution in [2.45, 2.75) is 6.92 Å². The lowest BCUT2D eigenvalue weighted by Crippen LogP contribution is -2.13. The first-order valence-electron chi connectivity index (χ1n) is 5.39. The predicted octanol–water partition coefficient (Wildman–Crippen LogP) is 3.25. The molecule has 0 saturated heterocycles. The summed E-state index contributed by atoms with van der Waals surface area (Å²) in [6, 6.07) is 4.17. The van der Waals surface area contributed by atoms with Gasteiger partial charge >= 0.3 is 0 Å². The molecule has 0 saturated carbocycles. The molecule has 1 aromatic carbocycles. The van der Waals surface area contributed by atoms with Crippen LogP contribution in [0.1, 0.15) is 15.9 Å². The maximum atomic E-state index is 13.4. The standard InChI is InChI=1S/C13H10BrFN2O2/c1-7-4-9(14)10(15)5-11(7)17-13(19)8-2-3-16-6-12(8)18/h2-6,18H,1H3,(H,17,19). The van der Waals surface area contributed by atoms with Crippen LogP contribution in [0.2, 0.25) is 0 Å². The highest BCUT2D eigenvalue weighted by Gasteiger charge is 2.13. The van der Waals surface area contributed by atoms with Gasteiger partial charge in [0.2, 0.25) is 0 Å². The average molecular weight is 325 g/mol. The fourth-order valence-corrected chi connectivity index (χ4v) is 2.01. The molecular weight excluding hydrogens is 315 g/mol. The van der Waals surface area contributed by atoms with E-state index in [1.807, 2.05) is 0 Å². The summed E-state index contributed by atoms with van der Waals surface area (Å²) in [7, 11) is 0. The minimum atomic E-state index is -0.523. The fourth-order valence-electron chi connectivity index (χ4n) is 1.55. The number of carbonyl (C=O) groups is 1. The summed E-state index contributed by atoms with van der Waals surface area (Å²) in [6.45, 7) is 1.74. The molecule has 2 N–H and O–H groups in total. The van der Waals surface area contributed by atoms with Crippen molar-refractivity contribution in [2.75, 3.05) is 5.32 Å². The predicted molar refractivity (Wildman–Crippen MR) is 72.7 cm³/mol. The van der Waals surface area contributed by atoms with Crippen LogP contribution in [0.5, 0.6) is 5.75 Å². The summed E-state index contributed by atoms with van der Waals surface area (Å²) in [5.74, 6) is -1.22. The number of carbonyl (C=O) groups excluding carboxylic acids is 1. The Hall–Kier alpha value is -1.95. The van der Waals surface area contributed by atoms with Gasteiger partial charge < -0.3 is 10.4 Å². The highest BCUT2D eigenvalue weighted by molar-refractivity contribution is 9.10. The maximum Gasteiger partial charge on any atom is 0.259 e. The molecule has 6 heteroatoms. The molecule has 1 amide bonds. The Morgan fingerprint density at radius 3 is 2.89 bits per heavy atom. The van der Waals surface area contributed by atoms with Gasteiger partial charge in [-0.05, 0) is 46.6 Å². The van der Waals surface area contributed by atoms with Crippen molar-refractivity contribution in [3.63, 3.8) is 0 Å². The molecule has 2 aromatic rings. The van der Waals surface area contributed by atoms with Crippen LogP contribution in [0.25, 0.3) is 0 Å². The van der Waals surface area contributed by atoms with Gasteiger partial charge in [-0.3, -0.25) is 9.78 Å². The number of anilines is 1. The van der Waals surface area contributed by atoms with Crippen molar-refractivity contribution in [2.24, 2.45) is 0 Å². The van der Waals surface area contributed by atoms with Crippen molar-refractivity contribution in [3.05, 3.63) is 52.0 Å². The zero-order chi connectivity index (χ0) is 14.0. The van der Waals surface area contributed by atoms with Crippen molar-refractivity contribution in [3.8, 4) is 5.75 Å². The molecule has 0 radical (unpaired) electrons. The van der Waals surface area contributed by atoms with Crippen LogP contribution >= 0.6 is 15.9 Å². The largest absolute Gasteiger partial charge is 0.505 e. The van der Waals surface area contributed by atoms with Gasteiger partial charge in [-0.25, -0.2) is 4.39 Å². The summed E-state index contributed by atoms with van der Waals surface area (Å²) in [5, 5.41) is 12.1. The van der Waals surface area contributed by atoms with E-state index >= 15 is 0 Å². The van der Waals surface area contributed by atoms with Crippen molar-refractivity contribution in [1.82, 2.24) is 4.98 Å². The summed E-state index contributed by atoms with van der Waals surface area (Å²) in [6.07, 6.45) is 2.56. The number of aromatic hydroxyl groups is 1. The SMILES string of the molecule is Cc1cc(Br)c(F)cc1NC(=O)c1ccncc1O. The maximum absolute atomic E-state index is 13.4. The molecule has 0 bridgehead atoms. The molecule has 4 nitrogen and oxygen atoms in total. The van der Waals surface area contributed by atoms with E-state index in [2.05, 4.69) is 26.2 Å². The average Bonchev–Trinajstić information content (AvgIpc) is 2.36. The lowest BCUT2D eigenvalue weighted by atomic mass is 10.1. The zero-order valence-corrected chi connectivity index (χ0v) is 11.5. The van der Waals surface area contributed by atoms with E-state index in [4.69, 9.17) is 0 Å². The smallest absolute Gasteiger partial charge is 0.259 e. The molecule has 0 atom stereocenters. The van der Waals surface area contributed by atoms with E-state index in [0.29, 0.717) is 15.7 Å². The van der Waals surface area contributed by atoms with Crippen LogP contribution < -0.4 is 5.32 Å². The van der Waals surface area contributed by atoms with Crippen LogP contribution in [0, 0.1) is 12.7 Å². The Bertz CT molecular complexity index is 647. The summed E-state index contributed by atoms with van der Waals surface area (Å²) in [5.41, 5.74) is 1.13. The number of benzene rings is 1. The van der Waals surface area contributed by atoms with E-state index < -0.39 is 11.7 Å². The van der Waals surface area contributed by atoms with Crippen molar-refractivity contribution < 1.29 is 14.3 Å². The number of pyridine rings is 1. The number of hydrogen-bond acceptors (Lipinski definition) is 3. The molecule has 0 unspecified atom stereocenters. The summed E-state index contributed by atoms with van der Waals surface area (Å²) >= 11 is 3.07. The molecule has 0 aliphatic carbocycles. The van der Waals surface area contributed by atoms with Crippen LogP contribution in [0.15, 0.2) is 35.1 Å². The molecular formula is C13H10BrFN2O2. The number of rotatable bonds is 2. The Balaban J connectivity index is 2.30. The van der Waals surface area contributed by atoms with E-state index in [9.17, 15) is 14.3 Å². The Morgan fingerprint density at radius 1 is 1.47 bits per heavy atom. The summed E-state index contributed by atoms with van der Waals surface area (Å²) in [4.78, 5) is 15.6. The van der Waals surface area contributed by atoms with Crippen molar-refractivity contribution >= 4 is 27.5 Å². The molecule has 0 aliphatic heterocycles. The van der Waals surface area contributed by atoms with E-state index in [1.54, 1.807) is 13.0 Å². The normalized spacial score (nSPS) is 10.3. The highest BCUT2D eigenvalue weighted by Crippen LogP contribution is 2.25. The Labute approximate surface area is 117 Å². The van der Waals surface area contributed by atoms with Gasteiger partial charge in [0.15, 0.2) is 0 Å². The number of hydrogen-bond donors (Lipinski definition) is 2. The summed E-state index contributed by atoms with van der Waals surface area (Å²) < 4.78 is 13.8. The first-order valence-corrected chi connectivity index (χ1v) is 6.18. The lowest BCUT2D eigenvalue weighted by molar-refractivity contribution is 0.102. The number of halogens is 2. The van der Waals surface area contributed by atoms with Crippen LogP contribution in [0.3, 0.4) is 0 Å². The van der Waals surface area contributed by atoms with Gasteiger partial charge in [-0.1, -0.05) is 0 Å². The molecule has 2 rings (SSSR count). The molecule has 1 heterocycles. The highest BCUT2D eigenvalue weighted by atomic mass is 79.9. The first-order chi connectivity index (χ1) is 8.99. The van der Waals surface area contributed by atoms with E-state index in [-0.39, 0.29) is 11.3 Å². The molecule has 0 spiro atoms. The first kappa shape index (κ1) is 13.5. The van der Waals surface area contributed by atoms with Gasteiger partial charge in [-0.2, -0.15) is 0 Å². The topological polar surface area (TPSA) is 62.2 Å². The minimum Gasteiger partial charge on any atom is -0.505 e. The lowest BCUT2D eigenvalue weighted by Gasteiger charge is -2.10. The molecule has 0 fully saturated rings. The second-order valence-electron chi connectivity index (χ2n) is 3.93. The fraction of sp³-hybridized carbons (Fsp3) is 0.0769. The number of amides is 1. The van der Waals surface area contributed by atoms with Gasteiger partial charge in [0, 0.05) is 11.9 Å². The zero-order valence-electron chi connectivity index (χ0n) is 9.95. The van der Waals surface area contributed by atoms with E-state index in [1.165, 1.54) is 24.5 Å². The number of nitrogens with one attached hydrogen (secondary N) is 1. The van der Waals surface area contributed by atoms with Gasteiger partial charge in [0.1, 0.15) is 11.6 Å². The second-order valence-corrected chi connectivity index (χ2v) is 4.78.